The van der Waals surface area contributed by atoms with Crippen molar-refractivity contribution in [2.45, 2.75) is 25.3 Å². The number of alkyl halides is 3. The molecule has 1 aliphatic carbocycles. The van der Waals surface area contributed by atoms with Crippen LogP contribution in [-0.4, -0.2) is 26.5 Å². The van der Waals surface area contributed by atoms with E-state index < -0.39 is 33.3 Å². The summed E-state index contributed by atoms with van der Waals surface area (Å²) in [6.07, 6.45) is 1.59. The lowest BCUT2D eigenvalue weighted by molar-refractivity contribution is -0.137. The zero-order chi connectivity index (χ0) is 14.0. The molecule has 0 aromatic carbocycles. The summed E-state index contributed by atoms with van der Waals surface area (Å²) in [4.78, 5) is 11.1. The summed E-state index contributed by atoms with van der Waals surface area (Å²) in [6.45, 7) is 1.54. The minimum absolute atomic E-state index is 0.0271. The van der Waals surface area contributed by atoms with E-state index in [0.29, 0.717) is 18.9 Å². The first-order valence-corrected chi connectivity index (χ1v) is 6.47. The van der Waals surface area contributed by atoms with Crippen LogP contribution in [0.25, 0.3) is 0 Å². The highest BCUT2D eigenvalue weighted by Gasteiger charge is 2.50. The van der Waals surface area contributed by atoms with E-state index in [1.165, 1.54) is 6.92 Å². The lowest BCUT2D eigenvalue weighted by Gasteiger charge is -2.11. The third kappa shape index (κ3) is 3.90. The summed E-state index contributed by atoms with van der Waals surface area (Å²) in [7, 11) is -5.74. The van der Waals surface area contributed by atoms with Crippen LogP contribution in [0.5, 0.6) is 0 Å². The predicted molar refractivity (Wildman–Crippen MR) is 53.5 cm³/mol. The molecule has 5 nitrogen and oxygen atoms in total. The number of hydrogen-bond acceptors (Lipinski definition) is 5. The van der Waals surface area contributed by atoms with Crippen LogP contribution in [0.15, 0.2) is 11.8 Å². The zero-order valence-corrected chi connectivity index (χ0v) is 10.2. The first-order valence-electron chi connectivity index (χ1n) is 5.06. The molecule has 1 saturated carbocycles. The van der Waals surface area contributed by atoms with Gasteiger partial charge in [0.25, 0.3) is 0 Å². The zero-order valence-electron chi connectivity index (χ0n) is 9.36. The topological polar surface area (TPSA) is 69.7 Å². The Morgan fingerprint density at radius 2 is 1.94 bits per heavy atom. The molecule has 104 valence electrons. The largest absolute Gasteiger partial charge is 0.534 e. The second kappa shape index (κ2) is 5.17. The van der Waals surface area contributed by atoms with E-state index in [2.05, 4.69) is 8.92 Å². The van der Waals surface area contributed by atoms with E-state index in [0.717, 1.165) is 0 Å². The molecular weight excluding hydrogens is 277 g/mol. The number of esters is 1. The molecule has 0 aliphatic heterocycles. The fourth-order valence-electron chi connectivity index (χ4n) is 1.05. The van der Waals surface area contributed by atoms with Crippen LogP contribution in [0.3, 0.4) is 0 Å². The van der Waals surface area contributed by atoms with Gasteiger partial charge in [-0.05, 0) is 19.8 Å². The fourth-order valence-corrected chi connectivity index (χ4v) is 1.58. The quantitative estimate of drug-likeness (QED) is 0.253. The Kier molecular flexibility index (Phi) is 4.25. The third-order valence-corrected chi connectivity index (χ3v) is 2.99. The van der Waals surface area contributed by atoms with Crippen LogP contribution in [-0.2, 0) is 23.8 Å². The number of carbonyl (C=O) groups excluding carboxylic acids is 1. The molecule has 0 radical (unpaired) electrons. The van der Waals surface area contributed by atoms with Gasteiger partial charge in [-0.1, -0.05) is 0 Å². The molecule has 1 fully saturated rings. The third-order valence-electron chi connectivity index (χ3n) is 2.02. The van der Waals surface area contributed by atoms with Crippen LogP contribution >= 0.6 is 0 Å². The van der Waals surface area contributed by atoms with Crippen LogP contribution in [0.4, 0.5) is 13.2 Å². The van der Waals surface area contributed by atoms with E-state index in [1.54, 1.807) is 0 Å². The molecule has 0 amide bonds. The molecular formula is C9H11F3O5S. The van der Waals surface area contributed by atoms with E-state index in [-0.39, 0.29) is 6.61 Å². The van der Waals surface area contributed by atoms with E-state index in [1.807, 2.05) is 0 Å². The Bertz CT molecular complexity index is 447. The average molecular weight is 288 g/mol. The van der Waals surface area contributed by atoms with Crippen molar-refractivity contribution in [1.29, 1.82) is 0 Å². The van der Waals surface area contributed by atoms with Gasteiger partial charge in [-0.3, -0.25) is 0 Å². The first-order chi connectivity index (χ1) is 8.17. The van der Waals surface area contributed by atoms with Gasteiger partial charge in [0.15, 0.2) is 0 Å². The van der Waals surface area contributed by atoms with Gasteiger partial charge in [-0.2, -0.15) is 21.6 Å². The summed E-state index contributed by atoms with van der Waals surface area (Å²) in [5.74, 6) is -1.94. The highest BCUT2D eigenvalue weighted by Crippen LogP contribution is 2.39. The maximum atomic E-state index is 12.1. The Hall–Kier alpha value is -1.25. The molecule has 0 aromatic heterocycles. The average Bonchev–Trinajstić information content (AvgIpc) is 2.97. The molecule has 0 aromatic rings. The first kappa shape index (κ1) is 14.8. The number of ether oxygens (including phenoxy) is 1. The van der Waals surface area contributed by atoms with Gasteiger partial charge >= 0.3 is 21.6 Å². The van der Waals surface area contributed by atoms with Gasteiger partial charge in [0.05, 0.1) is 12.7 Å². The molecule has 0 saturated heterocycles. The number of halogens is 3. The van der Waals surface area contributed by atoms with Gasteiger partial charge in [-0.15, -0.1) is 0 Å². The summed E-state index contributed by atoms with van der Waals surface area (Å²) in [5, 5.41) is 0. The second-order valence-electron chi connectivity index (χ2n) is 3.56. The lowest BCUT2D eigenvalue weighted by Crippen LogP contribution is -2.26. The van der Waals surface area contributed by atoms with Crippen molar-refractivity contribution < 1.29 is 35.3 Å². The molecule has 0 N–H and O–H groups in total. The Balaban J connectivity index is 2.86. The maximum absolute atomic E-state index is 12.1. The molecule has 0 atom stereocenters. The molecule has 1 aliphatic rings. The summed E-state index contributed by atoms with van der Waals surface area (Å²) < 4.78 is 66.3. The van der Waals surface area contributed by atoms with Crippen molar-refractivity contribution >= 4 is 16.1 Å². The number of rotatable bonds is 5. The molecule has 0 unspecified atom stereocenters. The monoisotopic (exact) mass is 288 g/mol. The van der Waals surface area contributed by atoms with E-state index in [9.17, 15) is 26.4 Å². The number of hydrogen-bond donors (Lipinski definition) is 0. The fraction of sp³-hybridized carbons (Fsp3) is 0.667. The summed E-state index contributed by atoms with van der Waals surface area (Å²) in [6, 6.07) is 0. The lowest BCUT2D eigenvalue weighted by atomic mass is 10.3. The van der Waals surface area contributed by atoms with Crippen LogP contribution in [0, 0.1) is 5.92 Å². The van der Waals surface area contributed by atoms with Gasteiger partial charge in [0.1, 0.15) is 5.76 Å². The molecule has 0 bridgehead atoms. The summed E-state index contributed by atoms with van der Waals surface area (Å²) >= 11 is 0. The number of carbonyl (C=O) groups is 1. The minimum Gasteiger partial charge on any atom is -0.463 e. The Morgan fingerprint density at radius 3 is 2.33 bits per heavy atom. The normalized spacial score (nSPS) is 17.4. The van der Waals surface area contributed by atoms with Crippen molar-refractivity contribution in [3.8, 4) is 0 Å². The smallest absolute Gasteiger partial charge is 0.463 e. The maximum Gasteiger partial charge on any atom is 0.534 e. The highest BCUT2D eigenvalue weighted by molar-refractivity contribution is 7.87. The standard InChI is InChI=1S/C9H11F3O5S/c1-2-16-8(13)5-7(6-3-4-6)17-18(14,15)9(10,11)12/h5-6H,2-4H2,1H3/b7-5-. The predicted octanol–water partition coefficient (Wildman–Crippen LogP) is 1.71. The van der Waals surface area contributed by atoms with Crippen molar-refractivity contribution in [3.05, 3.63) is 11.8 Å². The van der Waals surface area contributed by atoms with Crippen LogP contribution in [0.1, 0.15) is 19.8 Å². The molecule has 0 heterocycles. The van der Waals surface area contributed by atoms with Gasteiger partial charge < -0.3 is 8.92 Å². The van der Waals surface area contributed by atoms with Crippen molar-refractivity contribution in [2.75, 3.05) is 6.61 Å². The highest BCUT2D eigenvalue weighted by atomic mass is 32.2. The molecule has 0 spiro atoms. The minimum atomic E-state index is -5.74. The van der Waals surface area contributed by atoms with Gasteiger partial charge in [0.2, 0.25) is 0 Å². The van der Waals surface area contributed by atoms with Crippen molar-refractivity contribution in [3.63, 3.8) is 0 Å². The van der Waals surface area contributed by atoms with Gasteiger partial charge in [-0.25, -0.2) is 4.79 Å². The van der Waals surface area contributed by atoms with Gasteiger partial charge in [0, 0.05) is 5.92 Å². The van der Waals surface area contributed by atoms with Crippen LogP contribution in [0.2, 0.25) is 0 Å². The second-order valence-corrected chi connectivity index (χ2v) is 5.09. The van der Waals surface area contributed by atoms with Crippen LogP contribution < -0.4 is 0 Å². The molecule has 1 rings (SSSR count). The Morgan fingerprint density at radius 1 is 1.39 bits per heavy atom. The molecule has 18 heavy (non-hydrogen) atoms. The van der Waals surface area contributed by atoms with Crippen molar-refractivity contribution in [2.24, 2.45) is 5.92 Å². The number of allylic oxidation sites excluding steroid dienone is 1. The Labute approximate surface area is 102 Å². The van der Waals surface area contributed by atoms with E-state index in [4.69, 9.17) is 0 Å². The molecule has 9 heteroatoms. The van der Waals surface area contributed by atoms with Crippen molar-refractivity contribution in [1.82, 2.24) is 0 Å². The SMILES string of the molecule is CCOC(=O)/C=C(\OS(=O)(=O)C(F)(F)F)C1CC1. The van der Waals surface area contributed by atoms with E-state index >= 15 is 0 Å². The summed E-state index contributed by atoms with van der Waals surface area (Å²) in [5.41, 5.74) is -5.52.